The molecule has 5 heteroatoms. The van der Waals surface area contributed by atoms with Crippen LogP contribution in [-0.2, 0) is 6.54 Å². The second kappa shape index (κ2) is 3.75. The van der Waals surface area contributed by atoms with Gasteiger partial charge in [-0.2, -0.15) is 0 Å². The van der Waals surface area contributed by atoms with Gasteiger partial charge in [-0.05, 0) is 30.7 Å². The molecule has 0 atom stereocenters. The Morgan fingerprint density at radius 1 is 1.36 bits per heavy atom. The molecule has 72 valence electrons. The van der Waals surface area contributed by atoms with Crippen molar-refractivity contribution in [2.75, 3.05) is 0 Å². The maximum atomic E-state index is 5.86. The highest BCUT2D eigenvalue weighted by Gasteiger charge is 2.06. The van der Waals surface area contributed by atoms with Crippen molar-refractivity contribution in [1.82, 2.24) is 19.7 Å². The van der Waals surface area contributed by atoms with Crippen LogP contribution in [0.15, 0.2) is 24.4 Å². The van der Waals surface area contributed by atoms with E-state index in [1.165, 1.54) is 0 Å². The smallest absolute Gasteiger partial charge is 0.225 e. The molecule has 0 bridgehead atoms. The van der Waals surface area contributed by atoms with E-state index in [0.717, 1.165) is 11.5 Å². The molecule has 4 nitrogen and oxygen atoms in total. The lowest BCUT2D eigenvalue weighted by molar-refractivity contribution is 0.742. The summed E-state index contributed by atoms with van der Waals surface area (Å²) in [5, 5.41) is 8.02. The first-order valence-corrected chi connectivity index (χ1v) is 4.60. The van der Waals surface area contributed by atoms with Gasteiger partial charge in [-0.1, -0.05) is 6.07 Å². The Morgan fingerprint density at radius 2 is 2.21 bits per heavy atom. The normalized spacial score (nSPS) is 10.4. The van der Waals surface area contributed by atoms with Crippen LogP contribution in [-0.4, -0.2) is 19.7 Å². The molecule has 0 saturated heterocycles. The molecule has 14 heavy (non-hydrogen) atoms. The standard InChI is InChI=1S/C9H9ClN4/c1-7-12-13-9(10)14(7)6-8-4-2-3-5-11-8/h2-5H,6H2,1H3. The van der Waals surface area contributed by atoms with Gasteiger partial charge in [0.25, 0.3) is 0 Å². The molecule has 2 heterocycles. The van der Waals surface area contributed by atoms with E-state index in [1.54, 1.807) is 6.20 Å². The van der Waals surface area contributed by atoms with Crippen molar-refractivity contribution in [1.29, 1.82) is 0 Å². The molecule has 0 N–H and O–H groups in total. The SMILES string of the molecule is Cc1nnc(Cl)n1Cc1ccccn1. The number of hydrogen-bond donors (Lipinski definition) is 0. The monoisotopic (exact) mass is 208 g/mol. The molecule has 0 amide bonds. The minimum absolute atomic E-state index is 0.396. The average molecular weight is 209 g/mol. The van der Waals surface area contributed by atoms with E-state index in [0.29, 0.717) is 11.8 Å². The molecule has 0 fully saturated rings. The maximum absolute atomic E-state index is 5.86. The van der Waals surface area contributed by atoms with Gasteiger partial charge in [0.1, 0.15) is 5.82 Å². The maximum Gasteiger partial charge on any atom is 0.225 e. The van der Waals surface area contributed by atoms with Crippen LogP contribution in [0.3, 0.4) is 0 Å². The summed E-state index contributed by atoms with van der Waals surface area (Å²) in [6, 6.07) is 5.76. The summed E-state index contributed by atoms with van der Waals surface area (Å²) in [6.07, 6.45) is 1.75. The molecule has 0 saturated carbocycles. The number of pyridine rings is 1. The summed E-state index contributed by atoms with van der Waals surface area (Å²) >= 11 is 5.86. The Hall–Kier alpha value is -1.42. The number of aryl methyl sites for hydroxylation is 1. The van der Waals surface area contributed by atoms with Crippen LogP contribution in [0.25, 0.3) is 0 Å². The van der Waals surface area contributed by atoms with E-state index in [-0.39, 0.29) is 0 Å². The van der Waals surface area contributed by atoms with Gasteiger partial charge in [0, 0.05) is 6.20 Å². The number of halogens is 1. The van der Waals surface area contributed by atoms with Crippen LogP contribution >= 0.6 is 11.6 Å². The highest BCUT2D eigenvalue weighted by atomic mass is 35.5. The number of rotatable bonds is 2. The van der Waals surface area contributed by atoms with Gasteiger partial charge in [0.2, 0.25) is 5.28 Å². The highest BCUT2D eigenvalue weighted by Crippen LogP contribution is 2.09. The summed E-state index contributed by atoms with van der Waals surface area (Å²) in [5.41, 5.74) is 0.942. The second-order valence-electron chi connectivity index (χ2n) is 2.92. The number of aromatic nitrogens is 4. The van der Waals surface area contributed by atoms with Crippen LogP contribution in [0.5, 0.6) is 0 Å². The summed E-state index contributed by atoms with van der Waals surface area (Å²) in [5.74, 6) is 0.792. The van der Waals surface area contributed by atoms with Crippen molar-refractivity contribution >= 4 is 11.6 Å². The molecule has 0 aromatic carbocycles. The van der Waals surface area contributed by atoms with Crippen molar-refractivity contribution in [3.8, 4) is 0 Å². The van der Waals surface area contributed by atoms with Gasteiger partial charge < -0.3 is 0 Å². The first-order valence-electron chi connectivity index (χ1n) is 4.22. The van der Waals surface area contributed by atoms with Crippen LogP contribution in [0.2, 0.25) is 5.28 Å². The minimum Gasteiger partial charge on any atom is -0.296 e. The first-order chi connectivity index (χ1) is 6.77. The Balaban J connectivity index is 2.27. The molecule has 0 aliphatic heterocycles. The van der Waals surface area contributed by atoms with Crippen LogP contribution in [0, 0.1) is 6.92 Å². The Morgan fingerprint density at radius 3 is 2.79 bits per heavy atom. The van der Waals surface area contributed by atoms with Crippen LogP contribution in [0.4, 0.5) is 0 Å². The predicted octanol–water partition coefficient (Wildman–Crippen LogP) is 1.68. The van der Waals surface area contributed by atoms with E-state index < -0.39 is 0 Å². The van der Waals surface area contributed by atoms with Gasteiger partial charge >= 0.3 is 0 Å². The molecule has 2 aromatic heterocycles. The van der Waals surface area contributed by atoms with E-state index in [1.807, 2.05) is 29.7 Å². The summed E-state index contributed by atoms with van der Waals surface area (Å²) < 4.78 is 1.81. The third-order valence-electron chi connectivity index (χ3n) is 1.94. The Kier molecular flexibility index (Phi) is 2.45. The lowest BCUT2D eigenvalue weighted by Crippen LogP contribution is -2.03. The van der Waals surface area contributed by atoms with Crippen molar-refractivity contribution in [2.45, 2.75) is 13.5 Å². The number of nitrogens with zero attached hydrogens (tertiary/aromatic N) is 4. The molecule has 0 spiro atoms. The van der Waals surface area contributed by atoms with Crippen LogP contribution in [0.1, 0.15) is 11.5 Å². The highest BCUT2D eigenvalue weighted by molar-refractivity contribution is 6.28. The molecule has 2 rings (SSSR count). The first kappa shape index (κ1) is 9.15. The fourth-order valence-corrected chi connectivity index (χ4v) is 1.41. The molecular formula is C9H9ClN4. The third kappa shape index (κ3) is 1.75. The van der Waals surface area contributed by atoms with E-state index >= 15 is 0 Å². The fraction of sp³-hybridized carbons (Fsp3) is 0.222. The lowest BCUT2D eigenvalue weighted by Gasteiger charge is -2.03. The van der Waals surface area contributed by atoms with Gasteiger partial charge in [-0.25, -0.2) is 0 Å². The van der Waals surface area contributed by atoms with E-state index in [4.69, 9.17) is 11.6 Å². The van der Waals surface area contributed by atoms with Crippen molar-refractivity contribution in [3.63, 3.8) is 0 Å². The molecule has 0 unspecified atom stereocenters. The number of hydrogen-bond acceptors (Lipinski definition) is 3. The summed E-state index contributed by atoms with van der Waals surface area (Å²) in [6.45, 7) is 2.47. The zero-order chi connectivity index (χ0) is 9.97. The molecule has 2 aromatic rings. The van der Waals surface area contributed by atoms with Gasteiger partial charge in [0.05, 0.1) is 12.2 Å². The lowest BCUT2D eigenvalue weighted by atomic mass is 10.3. The summed E-state index contributed by atoms with van der Waals surface area (Å²) in [4.78, 5) is 4.20. The van der Waals surface area contributed by atoms with Crippen molar-refractivity contribution in [2.24, 2.45) is 0 Å². The Labute approximate surface area is 86.6 Å². The topological polar surface area (TPSA) is 43.6 Å². The van der Waals surface area contributed by atoms with Gasteiger partial charge in [0.15, 0.2) is 0 Å². The van der Waals surface area contributed by atoms with Gasteiger partial charge in [-0.3, -0.25) is 9.55 Å². The van der Waals surface area contributed by atoms with Crippen molar-refractivity contribution in [3.05, 3.63) is 41.2 Å². The van der Waals surface area contributed by atoms with Crippen LogP contribution < -0.4 is 0 Å². The Bertz CT molecular complexity index is 404. The minimum atomic E-state index is 0.396. The largest absolute Gasteiger partial charge is 0.296 e. The molecule has 0 radical (unpaired) electrons. The van der Waals surface area contributed by atoms with Crippen molar-refractivity contribution < 1.29 is 0 Å². The fourth-order valence-electron chi connectivity index (χ4n) is 1.19. The molecule has 0 aliphatic carbocycles. The molecule has 0 aliphatic rings. The third-order valence-corrected chi connectivity index (χ3v) is 2.22. The zero-order valence-corrected chi connectivity index (χ0v) is 8.44. The van der Waals surface area contributed by atoms with E-state index in [2.05, 4.69) is 15.2 Å². The predicted molar refractivity (Wildman–Crippen MR) is 53.1 cm³/mol. The second-order valence-corrected chi connectivity index (χ2v) is 3.26. The van der Waals surface area contributed by atoms with E-state index in [9.17, 15) is 0 Å². The quantitative estimate of drug-likeness (QED) is 0.754. The zero-order valence-electron chi connectivity index (χ0n) is 7.68. The van der Waals surface area contributed by atoms with Gasteiger partial charge in [-0.15, -0.1) is 10.2 Å². The summed E-state index contributed by atoms with van der Waals surface area (Å²) in [7, 11) is 0. The average Bonchev–Trinajstić information content (AvgIpc) is 2.51. The molecular weight excluding hydrogens is 200 g/mol.